The van der Waals surface area contributed by atoms with Crippen LogP contribution in [0.4, 0.5) is 0 Å². The minimum Gasteiger partial charge on any atom is -0.478 e. The number of hydrogen-bond donors (Lipinski definition) is 4. The Balaban J connectivity index is 0. The first-order valence-electron chi connectivity index (χ1n) is 3.53. The monoisotopic (exact) mass is 232 g/mol. The molecule has 0 rings (SSSR count). The Morgan fingerprint density at radius 1 is 0.500 bits per heavy atom. The Kier molecular flexibility index (Phi) is 8.83. The smallest absolute Gasteiger partial charge is 0.328 e. The third-order valence-corrected chi connectivity index (χ3v) is 0.737. The molecule has 8 heteroatoms. The summed E-state index contributed by atoms with van der Waals surface area (Å²) in [7, 11) is 0. The SMILES string of the molecule is O=C(O)/C=C/C(=O)O.O=C(O)/C=C/C(=O)O. The number of aliphatic carboxylic acids is 4. The largest absolute Gasteiger partial charge is 0.478 e. The first-order chi connectivity index (χ1) is 7.25. The van der Waals surface area contributed by atoms with Crippen LogP contribution in [0.2, 0.25) is 0 Å². The molecule has 0 saturated heterocycles. The Hall–Kier alpha value is -2.64. The summed E-state index contributed by atoms with van der Waals surface area (Å²) in [6, 6.07) is 0. The maximum absolute atomic E-state index is 9.55. The van der Waals surface area contributed by atoms with Gasteiger partial charge in [-0.3, -0.25) is 0 Å². The second kappa shape index (κ2) is 8.94. The van der Waals surface area contributed by atoms with Crippen LogP contribution in [0.25, 0.3) is 0 Å². The molecule has 0 aromatic carbocycles. The molecular weight excluding hydrogens is 224 g/mol. The summed E-state index contributed by atoms with van der Waals surface area (Å²) in [4.78, 5) is 38.2. The second-order valence-corrected chi connectivity index (χ2v) is 2.02. The number of carbonyl (C=O) groups is 4. The summed E-state index contributed by atoms with van der Waals surface area (Å²) in [6.07, 6.45) is 2.23. The average Bonchev–Trinajstić information content (AvgIpc) is 2.12. The van der Waals surface area contributed by atoms with Gasteiger partial charge in [-0.2, -0.15) is 0 Å². The van der Waals surface area contributed by atoms with Crippen LogP contribution in [0.15, 0.2) is 24.3 Å². The Bertz CT molecular complexity index is 272. The highest BCUT2D eigenvalue weighted by molar-refractivity contribution is 5.90. The molecule has 0 amide bonds. The van der Waals surface area contributed by atoms with Crippen molar-refractivity contribution in [2.24, 2.45) is 0 Å². The Labute approximate surface area is 88.7 Å². The van der Waals surface area contributed by atoms with Crippen LogP contribution >= 0.6 is 0 Å². The molecule has 0 bridgehead atoms. The molecule has 0 aliphatic carbocycles. The quantitative estimate of drug-likeness (QED) is 0.470. The predicted molar refractivity (Wildman–Crippen MR) is 48.8 cm³/mol. The lowest BCUT2D eigenvalue weighted by molar-refractivity contribution is -0.134. The zero-order valence-corrected chi connectivity index (χ0v) is 7.73. The van der Waals surface area contributed by atoms with E-state index in [1.54, 1.807) is 0 Å². The standard InChI is InChI=1S/2C4H4O4/c2*5-3(6)1-2-4(7)8/h2*1-2H,(H,5,6)(H,7,8)/b2*2-1+. The van der Waals surface area contributed by atoms with E-state index in [-0.39, 0.29) is 0 Å². The van der Waals surface area contributed by atoms with Gasteiger partial charge in [-0.25, -0.2) is 19.2 Å². The van der Waals surface area contributed by atoms with Crippen molar-refractivity contribution in [2.45, 2.75) is 0 Å². The van der Waals surface area contributed by atoms with E-state index in [4.69, 9.17) is 20.4 Å². The lowest BCUT2D eigenvalue weighted by Gasteiger charge is -1.74. The molecule has 8 nitrogen and oxygen atoms in total. The van der Waals surface area contributed by atoms with Crippen LogP contribution in [-0.4, -0.2) is 44.3 Å². The lowest BCUT2D eigenvalue weighted by atomic mass is 10.5. The Morgan fingerprint density at radius 2 is 0.625 bits per heavy atom. The maximum Gasteiger partial charge on any atom is 0.328 e. The van der Waals surface area contributed by atoms with Crippen molar-refractivity contribution in [3.05, 3.63) is 24.3 Å². The summed E-state index contributed by atoms with van der Waals surface area (Å²) < 4.78 is 0. The molecule has 0 radical (unpaired) electrons. The highest BCUT2D eigenvalue weighted by Gasteiger charge is 1.88. The maximum atomic E-state index is 9.55. The van der Waals surface area contributed by atoms with Gasteiger partial charge in [-0.15, -0.1) is 0 Å². The summed E-state index contributed by atoms with van der Waals surface area (Å²) in [5, 5.41) is 31.2. The van der Waals surface area contributed by atoms with Crippen molar-refractivity contribution in [1.29, 1.82) is 0 Å². The van der Waals surface area contributed by atoms with E-state index in [1.165, 1.54) is 0 Å². The van der Waals surface area contributed by atoms with Crippen LogP contribution < -0.4 is 0 Å². The van der Waals surface area contributed by atoms with Crippen LogP contribution in [0, 0.1) is 0 Å². The van der Waals surface area contributed by atoms with E-state index in [1.807, 2.05) is 0 Å². The topological polar surface area (TPSA) is 149 Å². The van der Waals surface area contributed by atoms with Gasteiger partial charge in [0.05, 0.1) is 0 Å². The van der Waals surface area contributed by atoms with Gasteiger partial charge in [0.15, 0.2) is 0 Å². The second-order valence-electron chi connectivity index (χ2n) is 2.02. The fraction of sp³-hybridized carbons (Fsp3) is 0. The van der Waals surface area contributed by atoms with Crippen LogP contribution in [0.5, 0.6) is 0 Å². The zero-order chi connectivity index (χ0) is 13.1. The van der Waals surface area contributed by atoms with Crippen molar-refractivity contribution < 1.29 is 39.6 Å². The third kappa shape index (κ3) is 22.5. The number of carboxylic acids is 4. The highest BCUT2D eigenvalue weighted by atomic mass is 16.4. The van der Waals surface area contributed by atoms with Crippen LogP contribution in [0.1, 0.15) is 0 Å². The molecule has 0 aromatic heterocycles. The van der Waals surface area contributed by atoms with E-state index in [9.17, 15) is 19.2 Å². The van der Waals surface area contributed by atoms with Gasteiger partial charge in [0.2, 0.25) is 0 Å². The molecule has 0 atom stereocenters. The Morgan fingerprint density at radius 3 is 0.688 bits per heavy atom. The van der Waals surface area contributed by atoms with Crippen LogP contribution in [-0.2, 0) is 19.2 Å². The number of rotatable bonds is 4. The van der Waals surface area contributed by atoms with E-state index in [0.29, 0.717) is 24.3 Å². The predicted octanol–water partition coefficient (Wildman–Crippen LogP) is -0.576. The molecular formula is C8H8O8. The summed E-state index contributed by atoms with van der Waals surface area (Å²) in [5.74, 6) is -5.03. The van der Waals surface area contributed by atoms with Crippen LogP contribution in [0.3, 0.4) is 0 Å². The van der Waals surface area contributed by atoms with Crippen molar-refractivity contribution >= 4 is 23.9 Å². The van der Waals surface area contributed by atoms with Gasteiger partial charge in [-0.05, 0) is 0 Å². The number of hydrogen-bond acceptors (Lipinski definition) is 4. The van der Waals surface area contributed by atoms with E-state index < -0.39 is 23.9 Å². The van der Waals surface area contributed by atoms with Gasteiger partial charge in [0, 0.05) is 24.3 Å². The van der Waals surface area contributed by atoms with E-state index >= 15 is 0 Å². The normalized spacial score (nSPS) is 9.50. The zero-order valence-electron chi connectivity index (χ0n) is 7.73. The molecule has 0 aliphatic rings. The van der Waals surface area contributed by atoms with Crippen molar-refractivity contribution in [3.63, 3.8) is 0 Å². The summed E-state index contributed by atoms with van der Waals surface area (Å²) in [5.41, 5.74) is 0. The average molecular weight is 232 g/mol. The molecule has 0 fully saturated rings. The van der Waals surface area contributed by atoms with Crippen molar-refractivity contribution in [3.8, 4) is 0 Å². The fourth-order valence-corrected chi connectivity index (χ4v) is 0.285. The van der Waals surface area contributed by atoms with Gasteiger partial charge in [0.25, 0.3) is 0 Å². The molecule has 0 spiro atoms. The first-order valence-corrected chi connectivity index (χ1v) is 3.53. The third-order valence-electron chi connectivity index (χ3n) is 0.737. The minimum absolute atomic E-state index is 0.558. The molecule has 0 aromatic rings. The lowest BCUT2D eigenvalue weighted by Crippen LogP contribution is -1.91. The molecule has 4 N–H and O–H groups in total. The van der Waals surface area contributed by atoms with Crippen molar-refractivity contribution in [2.75, 3.05) is 0 Å². The minimum atomic E-state index is -1.26. The summed E-state index contributed by atoms with van der Waals surface area (Å²) >= 11 is 0. The number of carboxylic acid groups (broad SMARTS) is 4. The van der Waals surface area contributed by atoms with Gasteiger partial charge in [0.1, 0.15) is 0 Å². The highest BCUT2D eigenvalue weighted by Crippen LogP contribution is 1.71. The first kappa shape index (κ1) is 15.8. The molecule has 0 unspecified atom stereocenters. The van der Waals surface area contributed by atoms with Gasteiger partial charge in [-0.1, -0.05) is 0 Å². The molecule has 0 aliphatic heterocycles. The molecule has 0 saturated carbocycles. The molecule has 0 heterocycles. The van der Waals surface area contributed by atoms with Crippen molar-refractivity contribution in [1.82, 2.24) is 0 Å². The van der Waals surface area contributed by atoms with Gasteiger partial charge < -0.3 is 20.4 Å². The fourth-order valence-electron chi connectivity index (χ4n) is 0.285. The van der Waals surface area contributed by atoms with E-state index in [2.05, 4.69) is 0 Å². The van der Waals surface area contributed by atoms with Gasteiger partial charge >= 0.3 is 23.9 Å². The molecule has 88 valence electrons. The molecule has 16 heavy (non-hydrogen) atoms. The summed E-state index contributed by atoms with van der Waals surface area (Å²) in [6.45, 7) is 0. The van der Waals surface area contributed by atoms with E-state index in [0.717, 1.165) is 0 Å².